The molecule has 0 saturated carbocycles. The maximum absolute atomic E-state index is 14.3. The summed E-state index contributed by atoms with van der Waals surface area (Å²) >= 11 is 6.06. The summed E-state index contributed by atoms with van der Waals surface area (Å²) in [5.74, 6) is -0.473. The van der Waals surface area contributed by atoms with Crippen molar-refractivity contribution in [3.8, 4) is 11.4 Å². The predicted octanol–water partition coefficient (Wildman–Crippen LogP) is 3.02. The van der Waals surface area contributed by atoms with Gasteiger partial charge in [-0.2, -0.15) is 4.68 Å². The Labute approximate surface area is 188 Å². The maximum atomic E-state index is 14.3. The number of nitrogens with one attached hydrogen (secondary N) is 1. The van der Waals surface area contributed by atoms with Crippen LogP contribution in [0.3, 0.4) is 0 Å². The average molecular weight is 459 g/mol. The van der Waals surface area contributed by atoms with Gasteiger partial charge in [0.2, 0.25) is 5.91 Å². The van der Waals surface area contributed by atoms with E-state index in [1.165, 1.54) is 41.0 Å². The first-order chi connectivity index (χ1) is 15.4. The second-order valence-corrected chi connectivity index (χ2v) is 7.73. The monoisotopic (exact) mass is 458 g/mol. The van der Waals surface area contributed by atoms with E-state index >= 15 is 0 Å². The molecule has 0 bridgehead atoms. The quantitative estimate of drug-likeness (QED) is 0.630. The van der Waals surface area contributed by atoms with Gasteiger partial charge < -0.3 is 15.0 Å². The van der Waals surface area contributed by atoms with Crippen LogP contribution in [0.1, 0.15) is 29.0 Å². The summed E-state index contributed by atoms with van der Waals surface area (Å²) < 4.78 is 20.8. The zero-order chi connectivity index (χ0) is 22.8. The number of likely N-dealkylation sites (tertiary alicyclic amines) is 1. The summed E-state index contributed by atoms with van der Waals surface area (Å²) in [4.78, 5) is 27.7. The van der Waals surface area contributed by atoms with E-state index in [2.05, 4.69) is 20.8 Å². The van der Waals surface area contributed by atoms with E-state index in [-0.39, 0.29) is 23.1 Å². The number of benzene rings is 2. The van der Waals surface area contributed by atoms with Crippen molar-refractivity contribution in [3.63, 3.8) is 0 Å². The van der Waals surface area contributed by atoms with Gasteiger partial charge in [-0.1, -0.05) is 11.6 Å². The average Bonchev–Trinajstić information content (AvgIpc) is 3.44. The first-order valence-corrected chi connectivity index (χ1v) is 10.3. The molecular formula is C21H20ClFN6O3. The minimum Gasteiger partial charge on any atom is -0.496 e. The number of nitrogens with zero attached hydrogens (tertiary/aromatic N) is 5. The van der Waals surface area contributed by atoms with Crippen LogP contribution in [0.4, 0.5) is 10.1 Å². The molecule has 1 fully saturated rings. The Morgan fingerprint density at radius 2 is 2.06 bits per heavy atom. The highest BCUT2D eigenvalue weighted by molar-refractivity contribution is 6.31. The molecule has 1 aliphatic heterocycles. The molecule has 3 aromatic rings. The summed E-state index contributed by atoms with van der Waals surface area (Å²) in [7, 11) is 1.46. The number of methoxy groups -OCH3 is 1. The highest BCUT2D eigenvalue weighted by Crippen LogP contribution is 2.28. The van der Waals surface area contributed by atoms with Crippen molar-refractivity contribution in [2.45, 2.75) is 25.8 Å². The third-order valence-corrected chi connectivity index (χ3v) is 5.51. The molecule has 0 spiro atoms. The molecular weight excluding hydrogens is 439 g/mol. The minimum absolute atomic E-state index is 0.105. The van der Waals surface area contributed by atoms with Crippen molar-refractivity contribution < 1.29 is 18.7 Å². The molecule has 2 aromatic carbocycles. The van der Waals surface area contributed by atoms with Crippen LogP contribution in [-0.2, 0) is 4.79 Å². The van der Waals surface area contributed by atoms with Crippen LogP contribution in [-0.4, -0.2) is 56.6 Å². The highest BCUT2D eigenvalue weighted by Gasteiger charge is 2.35. The Morgan fingerprint density at radius 1 is 1.25 bits per heavy atom. The molecule has 32 heavy (non-hydrogen) atoms. The van der Waals surface area contributed by atoms with E-state index < -0.39 is 11.9 Å². The van der Waals surface area contributed by atoms with Gasteiger partial charge in [-0.25, -0.2) is 4.39 Å². The van der Waals surface area contributed by atoms with Gasteiger partial charge in [0.15, 0.2) is 5.82 Å². The fraction of sp³-hybridized carbons (Fsp3) is 0.286. The summed E-state index contributed by atoms with van der Waals surface area (Å²) in [6.07, 6.45) is 1.17. The number of aromatic nitrogens is 4. The Hall–Kier alpha value is -3.53. The second-order valence-electron chi connectivity index (χ2n) is 7.29. The molecule has 1 aromatic heterocycles. The minimum atomic E-state index is -0.686. The van der Waals surface area contributed by atoms with Gasteiger partial charge in [-0.15, -0.1) is 5.10 Å². The highest BCUT2D eigenvalue weighted by atomic mass is 35.5. The van der Waals surface area contributed by atoms with Gasteiger partial charge in [0.05, 0.1) is 12.7 Å². The van der Waals surface area contributed by atoms with Crippen molar-refractivity contribution in [2.24, 2.45) is 0 Å². The van der Waals surface area contributed by atoms with Gasteiger partial charge in [0, 0.05) is 17.3 Å². The summed E-state index contributed by atoms with van der Waals surface area (Å²) in [5.41, 5.74) is 0.757. The van der Waals surface area contributed by atoms with Crippen LogP contribution < -0.4 is 10.1 Å². The third kappa shape index (κ3) is 4.13. The van der Waals surface area contributed by atoms with E-state index in [1.54, 1.807) is 19.1 Å². The van der Waals surface area contributed by atoms with Gasteiger partial charge in [-0.05, 0) is 66.6 Å². The fourth-order valence-electron chi connectivity index (χ4n) is 3.72. The lowest BCUT2D eigenvalue weighted by atomic mass is 10.1. The van der Waals surface area contributed by atoms with Crippen LogP contribution in [0.25, 0.3) is 5.69 Å². The molecule has 9 nitrogen and oxygen atoms in total. The normalized spacial score (nSPS) is 15.6. The number of halogens is 2. The van der Waals surface area contributed by atoms with Gasteiger partial charge >= 0.3 is 0 Å². The molecule has 0 aliphatic carbocycles. The lowest BCUT2D eigenvalue weighted by Crippen LogP contribution is -2.43. The Bertz CT molecular complexity index is 1180. The van der Waals surface area contributed by atoms with Gasteiger partial charge in [0.25, 0.3) is 5.91 Å². The number of anilines is 1. The zero-order valence-corrected chi connectivity index (χ0v) is 18.1. The van der Waals surface area contributed by atoms with Crippen molar-refractivity contribution >= 4 is 29.1 Å². The van der Waals surface area contributed by atoms with Crippen LogP contribution in [0.5, 0.6) is 5.75 Å². The smallest absolute Gasteiger partial charge is 0.258 e. The molecule has 4 rings (SSSR count). The Morgan fingerprint density at radius 3 is 2.78 bits per heavy atom. The van der Waals surface area contributed by atoms with Gasteiger partial charge in [0.1, 0.15) is 23.3 Å². The van der Waals surface area contributed by atoms with Crippen molar-refractivity contribution in [1.29, 1.82) is 0 Å². The van der Waals surface area contributed by atoms with E-state index in [0.717, 1.165) is 0 Å². The molecule has 2 amide bonds. The second kappa shape index (κ2) is 8.91. The van der Waals surface area contributed by atoms with E-state index in [4.69, 9.17) is 16.3 Å². The number of ether oxygens (including phenoxy) is 1. The van der Waals surface area contributed by atoms with Crippen LogP contribution in [0, 0.1) is 12.7 Å². The summed E-state index contributed by atoms with van der Waals surface area (Å²) in [6.45, 7) is 2.06. The Balaban J connectivity index is 1.56. The first kappa shape index (κ1) is 21.7. The molecule has 1 atom stereocenters. The predicted molar refractivity (Wildman–Crippen MR) is 115 cm³/mol. The van der Waals surface area contributed by atoms with E-state index in [1.807, 2.05) is 0 Å². The van der Waals surface area contributed by atoms with Crippen molar-refractivity contribution in [1.82, 2.24) is 25.1 Å². The third-order valence-electron chi connectivity index (χ3n) is 5.28. The fourth-order valence-corrected chi connectivity index (χ4v) is 3.89. The first-order valence-electron chi connectivity index (χ1n) is 9.89. The van der Waals surface area contributed by atoms with Crippen LogP contribution in [0.15, 0.2) is 36.4 Å². The van der Waals surface area contributed by atoms with Crippen molar-refractivity contribution in [3.05, 3.63) is 58.6 Å². The van der Waals surface area contributed by atoms with Gasteiger partial charge in [-0.3, -0.25) is 9.59 Å². The lowest BCUT2D eigenvalue weighted by molar-refractivity contribution is -0.119. The van der Waals surface area contributed by atoms with Crippen LogP contribution >= 0.6 is 11.6 Å². The van der Waals surface area contributed by atoms with Crippen LogP contribution in [0.2, 0.25) is 5.02 Å². The number of carbonyl (C=O) groups is 2. The topological polar surface area (TPSA) is 102 Å². The SMILES string of the molecule is COc1ccc(Cl)cc1C(=O)N1CCCC1C(=O)Nc1ccc(F)c(-n2nnnc2C)c1. The Kier molecular flexibility index (Phi) is 6.04. The van der Waals surface area contributed by atoms with E-state index in [0.29, 0.717) is 41.7 Å². The molecule has 1 N–H and O–H groups in total. The van der Waals surface area contributed by atoms with Crippen molar-refractivity contribution in [2.75, 3.05) is 19.0 Å². The molecule has 0 radical (unpaired) electrons. The number of hydrogen-bond acceptors (Lipinski definition) is 6. The molecule has 1 unspecified atom stereocenters. The summed E-state index contributed by atoms with van der Waals surface area (Å²) in [6, 6.07) is 8.19. The molecule has 1 saturated heterocycles. The standard InChI is InChI=1S/C21H20ClFN6O3/c1-12-25-26-27-29(12)18-11-14(6-7-16(18)23)24-20(30)17-4-3-9-28(17)21(31)15-10-13(22)5-8-19(15)32-2/h5-8,10-11,17H,3-4,9H2,1-2H3,(H,24,30). The molecule has 1 aliphatic rings. The number of amides is 2. The number of hydrogen-bond donors (Lipinski definition) is 1. The lowest BCUT2D eigenvalue weighted by Gasteiger charge is -2.25. The molecule has 11 heteroatoms. The largest absolute Gasteiger partial charge is 0.496 e. The number of rotatable bonds is 5. The molecule has 2 heterocycles. The van der Waals surface area contributed by atoms with E-state index in [9.17, 15) is 14.0 Å². The number of carbonyl (C=O) groups excluding carboxylic acids is 2. The molecule has 166 valence electrons. The number of tetrazole rings is 1. The zero-order valence-electron chi connectivity index (χ0n) is 17.4. The number of aryl methyl sites for hydroxylation is 1. The maximum Gasteiger partial charge on any atom is 0.258 e. The summed E-state index contributed by atoms with van der Waals surface area (Å²) in [5, 5.41) is 14.2.